The largest absolute Gasteiger partial charge is 0.479 e. The predicted octanol–water partition coefficient (Wildman–Crippen LogP) is 4.20. The van der Waals surface area contributed by atoms with E-state index in [0.29, 0.717) is 10.5 Å². The summed E-state index contributed by atoms with van der Waals surface area (Å²) in [7, 11) is 0. The van der Waals surface area contributed by atoms with Gasteiger partial charge < -0.3 is 10.1 Å². The number of thiocarbonyl (C=S) groups is 1. The third-order valence-electron chi connectivity index (χ3n) is 4.34. The quantitative estimate of drug-likeness (QED) is 0.513. The molecule has 5 nitrogen and oxygen atoms in total. The van der Waals surface area contributed by atoms with Crippen LogP contribution in [-0.4, -0.2) is 31.2 Å². The molecule has 1 atom stereocenters. The number of nitrogens with zero attached hydrogens (tertiary/aromatic N) is 1. The normalized spacial score (nSPS) is 17.0. The minimum atomic E-state index is -1.15. The molecule has 1 aromatic heterocycles. The van der Waals surface area contributed by atoms with E-state index >= 15 is 0 Å². The SMILES string of the molecule is O=C(O)C(c1ccccc1)N1C(=O)/C(=C\c2c[nH]c3ccccc23)SC1=S. The van der Waals surface area contributed by atoms with E-state index in [0.717, 1.165) is 28.2 Å². The van der Waals surface area contributed by atoms with E-state index in [-0.39, 0.29) is 4.32 Å². The Morgan fingerprint density at radius 3 is 2.59 bits per heavy atom. The van der Waals surface area contributed by atoms with Crippen molar-refractivity contribution in [2.75, 3.05) is 0 Å². The molecule has 0 saturated carbocycles. The highest BCUT2D eigenvalue weighted by Crippen LogP contribution is 2.39. The Balaban J connectivity index is 1.72. The van der Waals surface area contributed by atoms with Gasteiger partial charge in [0.1, 0.15) is 4.32 Å². The lowest BCUT2D eigenvalue weighted by Crippen LogP contribution is -2.37. The van der Waals surface area contributed by atoms with E-state index in [1.165, 1.54) is 4.90 Å². The monoisotopic (exact) mass is 394 g/mol. The van der Waals surface area contributed by atoms with Crippen LogP contribution in [0.25, 0.3) is 17.0 Å². The molecule has 2 heterocycles. The van der Waals surface area contributed by atoms with Crippen LogP contribution >= 0.6 is 24.0 Å². The van der Waals surface area contributed by atoms with E-state index < -0.39 is 17.9 Å². The van der Waals surface area contributed by atoms with Crippen LogP contribution in [0.1, 0.15) is 17.2 Å². The molecule has 0 bridgehead atoms. The summed E-state index contributed by atoms with van der Waals surface area (Å²) in [6.45, 7) is 0. The molecule has 0 radical (unpaired) electrons. The summed E-state index contributed by atoms with van der Waals surface area (Å²) in [5.74, 6) is -1.52. The number of amides is 1. The molecule has 1 aliphatic heterocycles. The second-order valence-electron chi connectivity index (χ2n) is 5.99. The van der Waals surface area contributed by atoms with Crippen molar-refractivity contribution in [3.05, 3.63) is 76.8 Å². The fraction of sp³-hybridized carbons (Fsp3) is 0.0500. The molecular formula is C20H14N2O3S2. The number of carboxylic acids is 1. The van der Waals surface area contributed by atoms with Gasteiger partial charge in [-0.05, 0) is 17.7 Å². The first kappa shape index (κ1) is 17.5. The van der Waals surface area contributed by atoms with E-state index in [9.17, 15) is 14.7 Å². The molecule has 2 N–H and O–H groups in total. The van der Waals surface area contributed by atoms with Gasteiger partial charge in [-0.15, -0.1) is 0 Å². The van der Waals surface area contributed by atoms with Crippen molar-refractivity contribution in [3.8, 4) is 0 Å². The first-order chi connectivity index (χ1) is 13.1. The van der Waals surface area contributed by atoms with Crippen LogP contribution in [0, 0.1) is 0 Å². The van der Waals surface area contributed by atoms with Crippen LogP contribution in [0.4, 0.5) is 0 Å². The maximum Gasteiger partial charge on any atom is 0.331 e. The molecule has 1 aliphatic rings. The lowest BCUT2D eigenvalue weighted by atomic mass is 10.1. The summed E-state index contributed by atoms with van der Waals surface area (Å²) in [6.07, 6.45) is 3.57. The molecule has 1 unspecified atom stereocenters. The molecule has 1 amide bonds. The third kappa shape index (κ3) is 3.15. The van der Waals surface area contributed by atoms with Gasteiger partial charge in [-0.3, -0.25) is 9.69 Å². The summed E-state index contributed by atoms with van der Waals surface area (Å²) in [6, 6.07) is 15.3. The molecule has 1 fully saturated rings. The topological polar surface area (TPSA) is 73.4 Å². The second-order valence-corrected chi connectivity index (χ2v) is 7.67. The Hall–Kier alpha value is -2.90. The fourth-order valence-corrected chi connectivity index (χ4v) is 4.40. The average Bonchev–Trinajstić information content (AvgIpc) is 3.19. The summed E-state index contributed by atoms with van der Waals surface area (Å²) >= 11 is 6.46. The number of rotatable bonds is 4. The van der Waals surface area contributed by atoms with Crippen molar-refractivity contribution < 1.29 is 14.7 Å². The minimum Gasteiger partial charge on any atom is -0.479 e. The van der Waals surface area contributed by atoms with E-state index in [1.54, 1.807) is 36.4 Å². The van der Waals surface area contributed by atoms with Crippen LogP contribution in [0.15, 0.2) is 65.7 Å². The smallest absolute Gasteiger partial charge is 0.331 e. The Morgan fingerprint density at radius 1 is 1.15 bits per heavy atom. The standard InChI is InChI=1S/C20H14N2O3S2/c23-18-16(10-13-11-21-15-9-5-4-8-14(13)15)27-20(26)22(18)17(19(24)25)12-6-2-1-3-7-12/h1-11,17,21H,(H,24,25)/b16-10+. The van der Waals surface area contributed by atoms with Crippen LogP contribution < -0.4 is 0 Å². The van der Waals surface area contributed by atoms with Crippen LogP contribution in [-0.2, 0) is 9.59 Å². The third-order valence-corrected chi connectivity index (χ3v) is 5.67. The maximum atomic E-state index is 13.0. The van der Waals surface area contributed by atoms with Gasteiger partial charge in [0, 0.05) is 22.7 Å². The molecule has 0 spiro atoms. The molecule has 2 aromatic carbocycles. The Bertz CT molecular complexity index is 1090. The van der Waals surface area contributed by atoms with Crippen LogP contribution in [0.2, 0.25) is 0 Å². The summed E-state index contributed by atoms with van der Waals surface area (Å²) in [4.78, 5) is 29.6. The van der Waals surface area contributed by atoms with E-state index in [4.69, 9.17) is 12.2 Å². The predicted molar refractivity (Wildman–Crippen MR) is 110 cm³/mol. The van der Waals surface area contributed by atoms with Crippen molar-refractivity contribution in [3.63, 3.8) is 0 Å². The van der Waals surface area contributed by atoms with Crippen LogP contribution in [0.3, 0.4) is 0 Å². The van der Waals surface area contributed by atoms with Gasteiger partial charge in [0.25, 0.3) is 5.91 Å². The van der Waals surface area contributed by atoms with Gasteiger partial charge in [0.2, 0.25) is 0 Å². The molecule has 7 heteroatoms. The van der Waals surface area contributed by atoms with Crippen molar-refractivity contribution in [1.82, 2.24) is 9.88 Å². The average molecular weight is 394 g/mol. The highest BCUT2D eigenvalue weighted by atomic mass is 32.2. The molecule has 1 saturated heterocycles. The fourth-order valence-electron chi connectivity index (χ4n) is 3.09. The summed E-state index contributed by atoms with van der Waals surface area (Å²) < 4.78 is 0.238. The minimum absolute atomic E-state index is 0.238. The Labute approximate surface area is 164 Å². The number of aromatic nitrogens is 1. The zero-order valence-corrected chi connectivity index (χ0v) is 15.6. The van der Waals surface area contributed by atoms with Gasteiger partial charge in [-0.1, -0.05) is 72.5 Å². The summed E-state index contributed by atoms with van der Waals surface area (Å²) in [5.41, 5.74) is 2.33. The van der Waals surface area contributed by atoms with Crippen molar-refractivity contribution >= 4 is 57.2 Å². The molecule has 134 valence electrons. The molecule has 4 rings (SSSR count). The zero-order valence-electron chi connectivity index (χ0n) is 14.0. The van der Waals surface area contributed by atoms with Gasteiger partial charge in [-0.2, -0.15) is 0 Å². The van der Waals surface area contributed by atoms with Gasteiger partial charge in [-0.25, -0.2) is 4.79 Å². The summed E-state index contributed by atoms with van der Waals surface area (Å²) in [5, 5.41) is 10.7. The number of carboxylic acid groups (broad SMARTS) is 1. The van der Waals surface area contributed by atoms with E-state index in [2.05, 4.69) is 4.98 Å². The Kier molecular flexibility index (Phi) is 4.55. The first-order valence-electron chi connectivity index (χ1n) is 8.17. The van der Waals surface area contributed by atoms with Crippen molar-refractivity contribution in [2.24, 2.45) is 0 Å². The highest BCUT2D eigenvalue weighted by Gasteiger charge is 2.41. The number of benzene rings is 2. The van der Waals surface area contributed by atoms with E-state index in [1.807, 2.05) is 30.5 Å². The van der Waals surface area contributed by atoms with Crippen molar-refractivity contribution in [2.45, 2.75) is 6.04 Å². The number of carbonyl (C=O) groups is 2. The number of aliphatic carboxylic acids is 1. The number of hydrogen-bond donors (Lipinski definition) is 2. The molecule has 3 aromatic rings. The van der Waals surface area contributed by atoms with Gasteiger partial charge in [0.15, 0.2) is 6.04 Å². The maximum absolute atomic E-state index is 13.0. The lowest BCUT2D eigenvalue weighted by molar-refractivity contribution is -0.145. The molecule has 27 heavy (non-hydrogen) atoms. The number of thioether (sulfide) groups is 1. The highest BCUT2D eigenvalue weighted by molar-refractivity contribution is 8.26. The Morgan fingerprint density at radius 2 is 1.85 bits per heavy atom. The van der Waals surface area contributed by atoms with Gasteiger partial charge >= 0.3 is 5.97 Å². The molecular weight excluding hydrogens is 380 g/mol. The zero-order chi connectivity index (χ0) is 19.0. The van der Waals surface area contributed by atoms with Gasteiger partial charge in [0.05, 0.1) is 4.91 Å². The number of aromatic amines is 1. The number of carbonyl (C=O) groups excluding carboxylic acids is 1. The van der Waals surface area contributed by atoms with Crippen molar-refractivity contribution in [1.29, 1.82) is 0 Å². The number of para-hydroxylation sites is 1. The van der Waals surface area contributed by atoms with Crippen LogP contribution in [0.5, 0.6) is 0 Å². The number of nitrogens with one attached hydrogen (secondary N) is 1. The first-order valence-corrected chi connectivity index (χ1v) is 9.39. The molecule has 0 aliphatic carbocycles. The number of H-pyrrole nitrogens is 1. The number of hydrogen-bond acceptors (Lipinski definition) is 4. The lowest BCUT2D eigenvalue weighted by Gasteiger charge is -2.23. The second kappa shape index (κ2) is 7.02. The number of fused-ring (bicyclic) bond motifs is 1.